The number of aryl methyl sites for hydroxylation is 1. The van der Waals surface area contributed by atoms with E-state index in [9.17, 15) is 0 Å². The molecule has 1 aromatic carbocycles. The molecule has 2 atom stereocenters. The van der Waals surface area contributed by atoms with E-state index >= 15 is 0 Å². The lowest BCUT2D eigenvalue weighted by Crippen LogP contribution is -2.36. The second kappa shape index (κ2) is 7.83. The van der Waals surface area contributed by atoms with Crippen LogP contribution in [0.5, 0.6) is 0 Å². The van der Waals surface area contributed by atoms with Gasteiger partial charge in [-0.1, -0.05) is 56.9 Å². The molecule has 0 radical (unpaired) electrons. The quantitative estimate of drug-likeness (QED) is 0.745. The van der Waals surface area contributed by atoms with Crippen molar-refractivity contribution in [2.45, 2.75) is 77.8 Å². The van der Waals surface area contributed by atoms with Gasteiger partial charge in [-0.15, -0.1) is 0 Å². The molecular weight excluding hydrogens is 242 g/mol. The fourth-order valence-electron chi connectivity index (χ4n) is 3.52. The standard InChI is InChI=1S/C19H31N/c1-4-8-17-11-13-19(14-12-17)16(3)20-15(2)18-9-6-5-7-10-18/h11-16,18,20H,4-10H2,1-3H3/t15-,16?/m0/s1. The van der Waals surface area contributed by atoms with Gasteiger partial charge in [0, 0.05) is 12.1 Å². The Labute approximate surface area is 125 Å². The predicted octanol–water partition coefficient (Wildman–Crippen LogP) is 5.26. The highest BCUT2D eigenvalue weighted by atomic mass is 14.9. The third kappa shape index (κ3) is 4.34. The van der Waals surface area contributed by atoms with Crippen LogP contribution < -0.4 is 5.32 Å². The molecule has 0 aliphatic heterocycles. The molecule has 2 rings (SSSR count). The van der Waals surface area contributed by atoms with Crippen molar-refractivity contribution in [3.63, 3.8) is 0 Å². The highest BCUT2D eigenvalue weighted by Crippen LogP contribution is 2.27. The fourth-order valence-corrected chi connectivity index (χ4v) is 3.52. The van der Waals surface area contributed by atoms with Crippen LogP contribution in [0.15, 0.2) is 24.3 Å². The lowest BCUT2D eigenvalue weighted by Gasteiger charge is -2.31. The van der Waals surface area contributed by atoms with Crippen LogP contribution in [-0.2, 0) is 6.42 Å². The maximum atomic E-state index is 3.82. The average molecular weight is 273 g/mol. The second-order valence-corrected chi connectivity index (χ2v) is 6.57. The molecule has 1 aliphatic rings. The van der Waals surface area contributed by atoms with Crippen molar-refractivity contribution in [1.82, 2.24) is 5.32 Å². The zero-order chi connectivity index (χ0) is 14.4. The first-order valence-corrected chi connectivity index (χ1v) is 8.55. The number of rotatable bonds is 6. The molecule has 0 aromatic heterocycles. The Kier molecular flexibility index (Phi) is 6.09. The molecule has 112 valence electrons. The molecule has 1 heteroatoms. The summed E-state index contributed by atoms with van der Waals surface area (Å²) in [6.45, 7) is 6.91. The molecule has 1 aromatic rings. The number of hydrogen-bond acceptors (Lipinski definition) is 1. The summed E-state index contributed by atoms with van der Waals surface area (Å²) in [5.74, 6) is 0.880. The summed E-state index contributed by atoms with van der Waals surface area (Å²) in [4.78, 5) is 0. The monoisotopic (exact) mass is 273 g/mol. The van der Waals surface area contributed by atoms with Crippen LogP contribution in [0.25, 0.3) is 0 Å². The largest absolute Gasteiger partial charge is 0.307 e. The molecule has 0 heterocycles. The molecule has 1 saturated carbocycles. The Morgan fingerprint density at radius 3 is 2.30 bits per heavy atom. The molecular formula is C19H31N. The Morgan fingerprint density at radius 2 is 1.70 bits per heavy atom. The molecule has 0 spiro atoms. The van der Waals surface area contributed by atoms with E-state index in [0.717, 1.165) is 5.92 Å². The van der Waals surface area contributed by atoms with Crippen LogP contribution in [0.4, 0.5) is 0 Å². The average Bonchev–Trinajstić information content (AvgIpc) is 2.49. The summed E-state index contributed by atoms with van der Waals surface area (Å²) in [5, 5.41) is 3.82. The molecule has 0 amide bonds. The molecule has 1 N–H and O–H groups in total. The minimum Gasteiger partial charge on any atom is -0.307 e. The van der Waals surface area contributed by atoms with E-state index in [2.05, 4.69) is 50.4 Å². The third-order valence-corrected chi connectivity index (χ3v) is 4.89. The van der Waals surface area contributed by atoms with Crippen molar-refractivity contribution in [3.8, 4) is 0 Å². The van der Waals surface area contributed by atoms with Crippen molar-refractivity contribution >= 4 is 0 Å². The van der Waals surface area contributed by atoms with Crippen LogP contribution in [0.3, 0.4) is 0 Å². The highest BCUT2D eigenvalue weighted by molar-refractivity contribution is 5.24. The molecule has 1 fully saturated rings. The van der Waals surface area contributed by atoms with Crippen LogP contribution >= 0.6 is 0 Å². The van der Waals surface area contributed by atoms with Gasteiger partial charge in [-0.05, 0) is 50.2 Å². The van der Waals surface area contributed by atoms with E-state index in [1.54, 1.807) is 0 Å². The van der Waals surface area contributed by atoms with Gasteiger partial charge in [-0.25, -0.2) is 0 Å². The van der Waals surface area contributed by atoms with Gasteiger partial charge in [0.05, 0.1) is 0 Å². The minimum atomic E-state index is 0.461. The smallest absolute Gasteiger partial charge is 0.0294 e. The van der Waals surface area contributed by atoms with Gasteiger partial charge >= 0.3 is 0 Å². The van der Waals surface area contributed by atoms with E-state index in [0.29, 0.717) is 12.1 Å². The number of nitrogens with one attached hydrogen (secondary N) is 1. The lowest BCUT2D eigenvalue weighted by molar-refractivity contribution is 0.268. The Hall–Kier alpha value is -0.820. The highest BCUT2D eigenvalue weighted by Gasteiger charge is 2.21. The van der Waals surface area contributed by atoms with E-state index in [-0.39, 0.29) is 0 Å². The van der Waals surface area contributed by atoms with Crippen molar-refractivity contribution in [1.29, 1.82) is 0 Å². The molecule has 0 saturated heterocycles. The predicted molar refractivity (Wildman–Crippen MR) is 88.0 cm³/mol. The van der Waals surface area contributed by atoms with Gasteiger partial charge in [0.15, 0.2) is 0 Å². The van der Waals surface area contributed by atoms with Gasteiger partial charge in [-0.3, -0.25) is 0 Å². The van der Waals surface area contributed by atoms with Crippen molar-refractivity contribution in [2.24, 2.45) is 5.92 Å². The first-order valence-electron chi connectivity index (χ1n) is 8.55. The van der Waals surface area contributed by atoms with Crippen LogP contribution in [0.1, 0.15) is 76.5 Å². The van der Waals surface area contributed by atoms with Crippen molar-refractivity contribution in [3.05, 3.63) is 35.4 Å². The van der Waals surface area contributed by atoms with E-state index in [4.69, 9.17) is 0 Å². The van der Waals surface area contributed by atoms with Gasteiger partial charge < -0.3 is 5.32 Å². The zero-order valence-electron chi connectivity index (χ0n) is 13.5. The Balaban J connectivity index is 1.88. The zero-order valence-corrected chi connectivity index (χ0v) is 13.5. The van der Waals surface area contributed by atoms with E-state index in [1.165, 1.54) is 56.1 Å². The van der Waals surface area contributed by atoms with Gasteiger partial charge in [0.1, 0.15) is 0 Å². The van der Waals surface area contributed by atoms with Crippen molar-refractivity contribution < 1.29 is 0 Å². The van der Waals surface area contributed by atoms with Gasteiger partial charge in [-0.2, -0.15) is 0 Å². The fraction of sp³-hybridized carbons (Fsp3) is 0.684. The summed E-state index contributed by atoms with van der Waals surface area (Å²) < 4.78 is 0. The van der Waals surface area contributed by atoms with Crippen LogP contribution in [0.2, 0.25) is 0 Å². The molecule has 1 nitrogen and oxygen atoms in total. The maximum Gasteiger partial charge on any atom is 0.0294 e. The summed E-state index contributed by atoms with van der Waals surface area (Å²) in [5.41, 5.74) is 2.89. The summed E-state index contributed by atoms with van der Waals surface area (Å²) in [6.07, 6.45) is 9.55. The molecule has 20 heavy (non-hydrogen) atoms. The minimum absolute atomic E-state index is 0.461. The van der Waals surface area contributed by atoms with E-state index < -0.39 is 0 Å². The Bertz CT molecular complexity index is 375. The maximum absolute atomic E-state index is 3.82. The van der Waals surface area contributed by atoms with E-state index in [1.807, 2.05) is 0 Å². The summed E-state index contributed by atoms with van der Waals surface area (Å²) in [7, 11) is 0. The molecule has 0 bridgehead atoms. The Morgan fingerprint density at radius 1 is 1.05 bits per heavy atom. The molecule has 1 aliphatic carbocycles. The summed E-state index contributed by atoms with van der Waals surface area (Å²) >= 11 is 0. The SMILES string of the molecule is CCCc1ccc(C(C)N[C@@H](C)C2CCCCC2)cc1. The third-order valence-electron chi connectivity index (χ3n) is 4.89. The topological polar surface area (TPSA) is 12.0 Å². The van der Waals surface area contributed by atoms with Gasteiger partial charge in [0.2, 0.25) is 0 Å². The normalized spacial score (nSPS) is 19.8. The second-order valence-electron chi connectivity index (χ2n) is 6.57. The lowest BCUT2D eigenvalue weighted by atomic mass is 9.84. The number of benzene rings is 1. The molecule has 1 unspecified atom stereocenters. The first-order chi connectivity index (χ1) is 9.70. The van der Waals surface area contributed by atoms with Crippen LogP contribution in [-0.4, -0.2) is 6.04 Å². The first kappa shape index (κ1) is 15.6. The van der Waals surface area contributed by atoms with Gasteiger partial charge in [0.25, 0.3) is 0 Å². The summed E-state index contributed by atoms with van der Waals surface area (Å²) in [6, 6.07) is 10.3. The van der Waals surface area contributed by atoms with Crippen molar-refractivity contribution in [2.75, 3.05) is 0 Å². The van der Waals surface area contributed by atoms with Crippen LogP contribution in [0, 0.1) is 5.92 Å². The number of hydrogen-bond donors (Lipinski definition) is 1.